The third-order valence-electron chi connectivity index (χ3n) is 9.47. The summed E-state index contributed by atoms with van der Waals surface area (Å²) in [6, 6.07) is 34.1. The molecule has 1 N–H and O–H groups in total. The van der Waals surface area contributed by atoms with Crippen LogP contribution in [0.5, 0.6) is 0 Å². The first-order chi connectivity index (χ1) is 23.3. The van der Waals surface area contributed by atoms with Gasteiger partial charge in [-0.3, -0.25) is 4.79 Å². The highest BCUT2D eigenvalue weighted by Crippen LogP contribution is 2.64. The minimum Gasteiger partial charge on any atom is -0.384 e. The number of aliphatic hydroxyl groups is 1. The second-order valence-electron chi connectivity index (χ2n) is 12.2. The number of ketones is 1. The van der Waals surface area contributed by atoms with Gasteiger partial charge in [-0.05, 0) is 95.4 Å². The lowest BCUT2D eigenvalue weighted by molar-refractivity contribution is -0.137. The molecule has 0 aliphatic heterocycles. The first-order valence-corrected chi connectivity index (χ1v) is 17.5. The van der Waals surface area contributed by atoms with E-state index in [1.165, 1.54) is 12.1 Å². The van der Waals surface area contributed by atoms with Crippen LogP contribution >= 0.6 is 55.1 Å². The van der Waals surface area contributed by atoms with Crippen LogP contribution in [0.25, 0.3) is 0 Å². The lowest BCUT2D eigenvalue weighted by Gasteiger charge is -2.56. The maximum atomic E-state index is 15.1. The molecular formula is C39H26Br2Cl2F3NO2. The molecule has 6 rings (SSSR count). The molecule has 1 aliphatic rings. The van der Waals surface area contributed by atoms with Crippen molar-refractivity contribution < 1.29 is 23.1 Å². The van der Waals surface area contributed by atoms with Gasteiger partial charge < -0.3 is 5.11 Å². The number of hydrogen-bond acceptors (Lipinski definition) is 3. The molecule has 5 aromatic carbocycles. The second-order valence-corrected chi connectivity index (χ2v) is 14.9. The highest BCUT2D eigenvalue weighted by Gasteiger charge is 2.64. The molecule has 0 radical (unpaired) electrons. The summed E-state index contributed by atoms with van der Waals surface area (Å²) in [7, 11) is 0. The van der Waals surface area contributed by atoms with Gasteiger partial charge in [-0.2, -0.15) is 18.4 Å². The van der Waals surface area contributed by atoms with Gasteiger partial charge in [0.1, 0.15) is 5.60 Å². The van der Waals surface area contributed by atoms with Crippen molar-refractivity contribution >= 4 is 60.8 Å². The van der Waals surface area contributed by atoms with E-state index in [-0.39, 0.29) is 17.5 Å². The topological polar surface area (TPSA) is 61.1 Å². The standard InChI is InChI=1S/C39H26Br2Cl2F3NO2/c40-29-8-1-4-24(18-29)33-21-38(49,26-12-16-32(43)17-13-26)35(36(48)23-10-14-31(42)15-11-23)34(25-5-2-9-30(41)19-25)37(33,22-47)27-6-3-7-28(20-27)39(44,45)46/h1-20,33-35,49H,21H2/t33-,34+,35-,37-,38-/m0/s1. The van der Waals surface area contributed by atoms with Crippen molar-refractivity contribution in [1.29, 1.82) is 5.26 Å². The smallest absolute Gasteiger partial charge is 0.384 e. The Labute approximate surface area is 308 Å². The molecule has 248 valence electrons. The van der Waals surface area contributed by atoms with Gasteiger partial charge in [0.15, 0.2) is 5.78 Å². The van der Waals surface area contributed by atoms with Crippen LogP contribution in [0.2, 0.25) is 10.0 Å². The number of rotatable bonds is 6. The van der Waals surface area contributed by atoms with Crippen molar-refractivity contribution in [3.8, 4) is 6.07 Å². The van der Waals surface area contributed by atoms with Crippen molar-refractivity contribution in [2.75, 3.05) is 0 Å². The SMILES string of the molecule is N#C[C@@]1(c2cccc(C(F)(F)F)c2)[C@H](c2cccc(Br)c2)[C@@H](C(=O)c2ccc(Cl)cc2)[C@@](O)(c2ccc(Cl)cc2)C[C@H]1c1cccc(Br)c1. The fourth-order valence-electron chi connectivity index (χ4n) is 7.36. The number of halogens is 7. The summed E-state index contributed by atoms with van der Waals surface area (Å²) in [6.45, 7) is 0. The van der Waals surface area contributed by atoms with Gasteiger partial charge in [0.05, 0.1) is 23.0 Å². The van der Waals surface area contributed by atoms with Gasteiger partial charge in [-0.25, -0.2) is 0 Å². The van der Waals surface area contributed by atoms with Crippen molar-refractivity contribution in [2.24, 2.45) is 5.92 Å². The number of carbonyl (C=O) groups excluding carboxylic acids is 1. The fourth-order valence-corrected chi connectivity index (χ4v) is 8.44. The quantitative estimate of drug-likeness (QED) is 0.173. The Morgan fingerprint density at radius 2 is 1.33 bits per heavy atom. The van der Waals surface area contributed by atoms with Crippen molar-refractivity contribution in [1.82, 2.24) is 0 Å². The van der Waals surface area contributed by atoms with E-state index in [0.717, 1.165) is 12.1 Å². The Balaban J connectivity index is 1.77. The third-order valence-corrected chi connectivity index (χ3v) is 11.0. The highest BCUT2D eigenvalue weighted by atomic mass is 79.9. The number of alkyl halides is 3. The molecule has 0 unspecified atom stereocenters. The summed E-state index contributed by atoms with van der Waals surface area (Å²) < 4.78 is 44.3. The molecule has 49 heavy (non-hydrogen) atoms. The molecule has 1 saturated carbocycles. The molecule has 0 saturated heterocycles. The molecule has 0 heterocycles. The Morgan fingerprint density at radius 1 is 0.776 bits per heavy atom. The number of Topliss-reactive ketones (excluding diaryl/α,β-unsaturated/α-hetero) is 1. The molecule has 5 aromatic rings. The largest absolute Gasteiger partial charge is 0.416 e. The van der Waals surface area contributed by atoms with E-state index in [9.17, 15) is 23.5 Å². The van der Waals surface area contributed by atoms with Crippen LogP contribution in [0, 0.1) is 17.2 Å². The number of nitrogens with zero attached hydrogens (tertiary/aromatic N) is 1. The average Bonchev–Trinajstić information content (AvgIpc) is 3.08. The van der Waals surface area contributed by atoms with Gasteiger partial charge in [0.25, 0.3) is 0 Å². The van der Waals surface area contributed by atoms with E-state index in [2.05, 4.69) is 37.9 Å². The van der Waals surface area contributed by atoms with Crippen LogP contribution in [-0.2, 0) is 17.2 Å². The van der Waals surface area contributed by atoms with E-state index in [1.54, 1.807) is 97.1 Å². The molecule has 0 bridgehead atoms. The first kappa shape index (κ1) is 35.4. The second kappa shape index (κ2) is 13.7. The summed E-state index contributed by atoms with van der Waals surface area (Å²) in [6.07, 6.45) is -4.90. The van der Waals surface area contributed by atoms with Gasteiger partial charge >= 0.3 is 6.18 Å². The van der Waals surface area contributed by atoms with E-state index in [4.69, 9.17) is 23.2 Å². The Morgan fingerprint density at radius 3 is 1.90 bits per heavy atom. The molecule has 0 spiro atoms. The Hall–Kier alpha value is -3.45. The third kappa shape index (κ3) is 6.60. The minimum absolute atomic E-state index is 0.0758. The summed E-state index contributed by atoms with van der Waals surface area (Å²) in [5.74, 6) is -3.97. The molecule has 3 nitrogen and oxygen atoms in total. The molecule has 10 heteroatoms. The molecule has 1 fully saturated rings. The lowest BCUT2D eigenvalue weighted by atomic mass is 9.46. The van der Waals surface area contributed by atoms with Crippen LogP contribution < -0.4 is 0 Å². The zero-order chi connectivity index (χ0) is 35.1. The van der Waals surface area contributed by atoms with Crippen LogP contribution in [0.3, 0.4) is 0 Å². The summed E-state index contributed by atoms with van der Waals surface area (Å²) >= 11 is 19.5. The van der Waals surface area contributed by atoms with Crippen molar-refractivity contribution in [2.45, 2.75) is 35.4 Å². The summed E-state index contributed by atoms with van der Waals surface area (Å²) in [5, 5.41) is 25.6. The Bertz CT molecular complexity index is 2070. The number of carbonyl (C=O) groups is 1. The molecular weight excluding hydrogens is 802 g/mol. The maximum Gasteiger partial charge on any atom is 0.416 e. The zero-order valence-electron chi connectivity index (χ0n) is 25.4. The van der Waals surface area contributed by atoms with E-state index in [0.29, 0.717) is 35.7 Å². The van der Waals surface area contributed by atoms with E-state index < -0.39 is 46.3 Å². The first-order valence-electron chi connectivity index (χ1n) is 15.2. The van der Waals surface area contributed by atoms with E-state index >= 15 is 4.79 Å². The zero-order valence-corrected chi connectivity index (χ0v) is 30.1. The van der Waals surface area contributed by atoms with Gasteiger partial charge in [0, 0.05) is 36.4 Å². The van der Waals surface area contributed by atoms with Crippen LogP contribution in [0.1, 0.15) is 56.4 Å². The van der Waals surface area contributed by atoms with Crippen molar-refractivity contribution in [3.63, 3.8) is 0 Å². The molecule has 5 atom stereocenters. The number of benzene rings is 5. The van der Waals surface area contributed by atoms with E-state index in [1.807, 2.05) is 0 Å². The molecule has 0 amide bonds. The predicted octanol–water partition coefficient (Wildman–Crippen LogP) is 11.7. The fraction of sp³-hybridized carbons (Fsp3) is 0.179. The lowest BCUT2D eigenvalue weighted by Crippen LogP contribution is -2.58. The summed E-state index contributed by atoms with van der Waals surface area (Å²) in [5.41, 5.74) is -2.94. The normalized spacial score (nSPS) is 23.9. The predicted molar refractivity (Wildman–Crippen MR) is 192 cm³/mol. The molecule has 0 aromatic heterocycles. The molecule has 1 aliphatic carbocycles. The van der Waals surface area contributed by atoms with Crippen molar-refractivity contribution in [3.05, 3.63) is 174 Å². The van der Waals surface area contributed by atoms with Crippen LogP contribution in [0.4, 0.5) is 13.2 Å². The minimum atomic E-state index is -4.71. The maximum absolute atomic E-state index is 15.1. The van der Waals surface area contributed by atoms with Gasteiger partial charge in [-0.15, -0.1) is 0 Å². The van der Waals surface area contributed by atoms with Crippen LogP contribution in [-0.4, -0.2) is 10.9 Å². The number of nitriles is 1. The van der Waals surface area contributed by atoms with Gasteiger partial charge in [0.2, 0.25) is 0 Å². The monoisotopic (exact) mass is 825 g/mol. The average molecular weight is 828 g/mol. The van der Waals surface area contributed by atoms with Gasteiger partial charge in [-0.1, -0.05) is 110 Å². The highest BCUT2D eigenvalue weighted by molar-refractivity contribution is 9.10. The number of hydrogen-bond donors (Lipinski definition) is 1. The summed E-state index contributed by atoms with van der Waals surface area (Å²) in [4.78, 5) is 15.1. The van der Waals surface area contributed by atoms with Crippen LogP contribution in [0.15, 0.2) is 130 Å². The Kier molecular flexibility index (Phi) is 9.89.